The normalized spacial score (nSPS) is 17.6. The van der Waals surface area contributed by atoms with Crippen LogP contribution in [0.5, 0.6) is 0 Å². The van der Waals surface area contributed by atoms with E-state index >= 15 is 0 Å². The lowest BCUT2D eigenvalue weighted by Crippen LogP contribution is -2.33. The molecule has 1 aromatic carbocycles. The number of imidazole rings is 1. The van der Waals surface area contributed by atoms with Gasteiger partial charge in [0.25, 0.3) is 15.9 Å². The molecule has 0 aliphatic carbocycles. The summed E-state index contributed by atoms with van der Waals surface area (Å²) >= 11 is 0. The van der Waals surface area contributed by atoms with E-state index in [4.69, 9.17) is 4.74 Å². The summed E-state index contributed by atoms with van der Waals surface area (Å²) in [6.07, 6.45) is 6.88. The van der Waals surface area contributed by atoms with E-state index in [0.717, 1.165) is 11.2 Å². The van der Waals surface area contributed by atoms with Gasteiger partial charge in [-0.3, -0.25) is 14.0 Å². The summed E-state index contributed by atoms with van der Waals surface area (Å²) in [5, 5.41) is 2.86. The van der Waals surface area contributed by atoms with Crippen molar-refractivity contribution >= 4 is 27.7 Å². The molecule has 194 valence electrons. The zero-order valence-corrected chi connectivity index (χ0v) is 21.7. The molecule has 37 heavy (non-hydrogen) atoms. The fraction of sp³-hybridized carbons (Fsp3) is 0.346. The average molecular weight is 524 g/mol. The molecule has 2 aromatic heterocycles. The van der Waals surface area contributed by atoms with Gasteiger partial charge >= 0.3 is 6.09 Å². The summed E-state index contributed by atoms with van der Waals surface area (Å²) in [6.45, 7) is 6.40. The highest BCUT2D eigenvalue weighted by molar-refractivity contribution is 7.89. The molecule has 0 bridgehead atoms. The smallest absolute Gasteiger partial charge is 0.414 e. The Morgan fingerprint density at radius 1 is 1.14 bits per heavy atom. The van der Waals surface area contributed by atoms with E-state index in [2.05, 4.69) is 10.3 Å². The molecular weight excluding hydrogens is 494 g/mol. The highest BCUT2D eigenvalue weighted by Crippen LogP contribution is 2.38. The Kier molecular flexibility index (Phi) is 6.18. The van der Waals surface area contributed by atoms with Crippen molar-refractivity contribution in [1.82, 2.24) is 23.9 Å². The highest BCUT2D eigenvalue weighted by atomic mass is 32.2. The van der Waals surface area contributed by atoms with Crippen molar-refractivity contribution in [3.8, 4) is 0 Å². The average Bonchev–Trinajstić information content (AvgIpc) is 3.56. The molecule has 1 unspecified atom stereocenters. The molecule has 0 spiro atoms. The molecule has 10 nitrogen and oxygen atoms in total. The Balaban J connectivity index is 1.24. The van der Waals surface area contributed by atoms with Gasteiger partial charge in [0.15, 0.2) is 0 Å². The van der Waals surface area contributed by atoms with Gasteiger partial charge in [0.1, 0.15) is 11.2 Å². The first kappa shape index (κ1) is 24.8. The lowest BCUT2D eigenvalue weighted by Gasteiger charge is -2.24. The summed E-state index contributed by atoms with van der Waals surface area (Å²) in [5.41, 5.74) is 2.00. The van der Waals surface area contributed by atoms with Crippen LogP contribution in [0.25, 0.3) is 5.65 Å². The summed E-state index contributed by atoms with van der Waals surface area (Å²) in [6, 6.07) is 9.94. The molecule has 0 radical (unpaired) electrons. The topological polar surface area (TPSA) is 113 Å². The van der Waals surface area contributed by atoms with Crippen molar-refractivity contribution in [3.05, 3.63) is 78.0 Å². The fourth-order valence-electron chi connectivity index (χ4n) is 4.51. The second kappa shape index (κ2) is 9.22. The van der Waals surface area contributed by atoms with Crippen LogP contribution < -0.4 is 5.32 Å². The number of nitrogens with one attached hydrogen (secondary N) is 1. The molecule has 2 aliphatic heterocycles. The minimum atomic E-state index is -3.79. The first-order valence-corrected chi connectivity index (χ1v) is 13.5. The Hall–Kier alpha value is -3.86. The summed E-state index contributed by atoms with van der Waals surface area (Å²) < 4.78 is 35.4. The lowest BCUT2D eigenvalue weighted by molar-refractivity contribution is 0.0337. The zero-order chi connectivity index (χ0) is 26.4. The maximum Gasteiger partial charge on any atom is 0.414 e. The van der Waals surface area contributed by atoms with Gasteiger partial charge in [-0.05, 0) is 57.0 Å². The van der Waals surface area contributed by atoms with Gasteiger partial charge in [0.05, 0.1) is 16.2 Å². The number of aromatic nitrogens is 2. The predicted molar refractivity (Wildman–Crippen MR) is 136 cm³/mol. The van der Waals surface area contributed by atoms with Gasteiger partial charge < -0.3 is 14.5 Å². The van der Waals surface area contributed by atoms with E-state index < -0.39 is 21.7 Å². The summed E-state index contributed by atoms with van der Waals surface area (Å²) in [4.78, 5) is 30.8. The van der Waals surface area contributed by atoms with Gasteiger partial charge in [0.2, 0.25) is 0 Å². The number of hydrogen-bond acceptors (Lipinski definition) is 6. The molecule has 5 rings (SSSR count). The number of benzene rings is 1. The zero-order valence-electron chi connectivity index (χ0n) is 20.9. The number of rotatable bonds is 5. The molecule has 1 saturated heterocycles. The van der Waals surface area contributed by atoms with Crippen LogP contribution in [0.2, 0.25) is 0 Å². The number of amides is 2. The first-order valence-electron chi connectivity index (χ1n) is 12.1. The number of carbonyl (C=O) groups excluding carboxylic acids is 2. The number of ether oxygens (including phenoxy) is 1. The summed E-state index contributed by atoms with van der Waals surface area (Å²) in [5.74, 6) is -0.281. The fourth-order valence-corrected chi connectivity index (χ4v) is 6.06. The van der Waals surface area contributed by atoms with Gasteiger partial charge in [-0.2, -0.15) is 0 Å². The van der Waals surface area contributed by atoms with Gasteiger partial charge in [-0.15, -0.1) is 0 Å². The lowest BCUT2D eigenvalue weighted by atomic mass is 10.1. The van der Waals surface area contributed by atoms with E-state index in [9.17, 15) is 18.0 Å². The number of hydrogen-bond donors (Lipinski definition) is 1. The van der Waals surface area contributed by atoms with Crippen LogP contribution in [-0.4, -0.2) is 57.7 Å². The quantitative estimate of drug-likeness (QED) is 0.549. The predicted octanol–water partition coefficient (Wildman–Crippen LogP) is 3.37. The van der Waals surface area contributed by atoms with Crippen LogP contribution in [-0.2, 0) is 21.3 Å². The van der Waals surface area contributed by atoms with Crippen LogP contribution in [0.15, 0.2) is 71.8 Å². The number of nitrogens with zero attached hydrogens (tertiary/aromatic N) is 4. The first-order chi connectivity index (χ1) is 17.5. The van der Waals surface area contributed by atoms with Gasteiger partial charge in [0, 0.05) is 50.3 Å². The van der Waals surface area contributed by atoms with Crippen LogP contribution in [0, 0.1) is 5.92 Å². The molecule has 0 saturated carbocycles. The summed E-state index contributed by atoms with van der Waals surface area (Å²) in [7, 11) is -3.79. The maximum absolute atomic E-state index is 13.4. The van der Waals surface area contributed by atoms with Crippen LogP contribution in [0.4, 0.5) is 4.79 Å². The molecule has 2 aliphatic rings. The highest BCUT2D eigenvalue weighted by Gasteiger charge is 2.42. The van der Waals surface area contributed by atoms with Crippen molar-refractivity contribution in [2.75, 3.05) is 13.1 Å². The molecular formula is C26H29N5O5S. The second-order valence-corrected chi connectivity index (χ2v) is 12.0. The third-order valence-electron chi connectivity index (χ3n) is 6.34. The number of carbonyl (C=O) groups is 2. The van der Waals surface area contributed by atoms with E-state index in [0.29, 0.717) is 30.8 Å². The molecule has 1 atom stereocenters. The number of pyridine rings is 1. The Labute approximate surface area is 215 Å². The van der Waals surface area contributed by atoms with E-state index in [-0.39, 0.29) is 23.3 Å². The molecule has 11 heteroatoms. The van der Waals surface area contributed by atoms with Gasteiger partial charge in [-0.1, -0.05) is 12.1 Å². The Morgan fingerprint density at radius 3 is 2.62 bits per heavy atom. The van der Waals surface area contributed by atoms with Crippen molar-refractivity contribution < 1.29 is 22.7 Å². The van der Waals surface area contributed by atoms with Crippen molar-refractivity contribution in [2.45, 2.75) is 44.2 Å². The third-order valence-corrected chi connectivity index (χ3v) is 8.18. The van der Waals surface area contributed by atoms with E-state index in [1.807, 2.05) is 0 Å². The van der Waals surface area contributed by atoms with Crippen molar-refractivity contribution in [1.29, 1.82) is 0 Å². The van der Waals surface area contributed by atoms with Gasteiger partial charge in [-0.25, -0.2) is 18.2 Å². The molecule has 1 fully saturated rings. The SMILES string of the molecule is CC(C)(C)OC(=O)N1C=C2C(CCN2S(=O)(=O)c2ccc(CNC(=O)c3ccc4nccn4c3)cc2)C1. The van der Waals surface area contributed by atoms with Crippen LogP contribution in [0.1, 0.15) is 43.1 Å². The van der Waals surface area contributed by atoms with Crippen LogP contribution in [0.3, 0.4) is 0 Å². The second-order valence-electron chi connectivity index (χ2n) is 10.2. The minimum absolute atomic E-state index is 0.0432. The molecule has 4 heterocycles. The number of sulfonamides is 1. The maximum atomic E-state index is 13.4. The molecule has 3 aromatic rings. The molecule has 2 amide bonds. The largest absolute Gasteiger partial charge is 0.443 e. The minimum Gasteiger partial charge on any atom is -0.443 e. The van der Waals surface area contributed by atoms with Crippen molar-refractivity contribution in [2.24, 2.45) is 5.92 Å². The molecule has 1 N–H and O–H groups in total. The number of fused-ring (bicyclic) bond motifs is 2. The van der Waals surface area contributed by atoms with Crippen LogP contribution >= 0.6 is 0 Å². The Bertz CT molecular complexity index is 1490. The van der Waals surface area contributed by atoms with E-state index in [1.54, 1.807) is 86.4 Å². The Morgan fingerprint density at radius 2 is 1.89 bits per heavy atom. The van der Waals surface area contributed by atoms with Crippen molar-refractivity contribution in [3.63, 3.8) is 0 Å². The van der Waals surface area contributed by atoms with E-state index in [1.165, 1.54) is 9.21 Å². The standard InChI is InChI=1S/C26H29N5O5S/c1-26(2,3)36-25(33)30-15-19-10-12-31(22(19)17-30)37(34,35)21-7-4-18(5-8-21)14-28-24(32)20-6-9-23-27-11-13-29(23)16-20/h4-9,11,13,16-17,19H,10,12,14-15H2,1-3H3,(H,28,32). The monoisotopic (exact) mass is 523 g/mol. The third kappa shape index (κ3) is 5.04.